The topological polar surface area (TPSA) is 73.9 Å². The van der Waals surface area contributed by atoms with E-state index >= 15 is 0 Å². The van der Waals surface area contributed by atoms with E-state index in [-0.39, 0.29) is 24.7 Å². The summed E-state index contributed by atoms with van der Waals surface area (Å²) in [6, 6.07) is 10.9. The average molecular weight is 383 g/mol. The van der Waals surface area contributed by atoms with Crippen LogP contribution in [0.15, 0.2) is 42.5 Å². The lowest BCUT2D eigenvalue weighted by Crippen LogP contribution is -2.30. The summed E-state index contributed by atoms with van der Waals surface area (Å²) >= 11 is 0. The molecule has 0 radical (unpaired) electrons. The van der Waals surface area contributed by atoms with Crippen LogP contribution in [-0.4, -0.2) is 41.5 Å². The zero-order valence-electron chi connectivity index (χ0n) is 14.7. The zero-order chi connectivity index (χ0) is 19.0. The van der Waals surface area contributed by atoms with Gasteiger partial charge in [0.05, 0.1) is 20.0 Å². The molecule has 0 aliphatic rings. The second kappa shape index (κ2) is 9.40. The summed E-state index contributed by atoms with van der Waals surface area (Å²) in [5.41, 5.74) is 0.924. The van der Waals surface area contributed by atoms with Gasteiger partial charge in [0.15, 0.2) is 11.5 Å². The summed E-state index contributed by atoms with van der Waals surface area (Å²) in [4.78, 5) is 0. The van der Waals surface area contributed by atoms with Crippen LogP contribution in [0.5, 0.6) is 17.2 Å². The fraction of sp³-hybridized carbons (Fsp3) is 0.333. The van der Waals surface area contributed by atoms with Crippen molar-refractivity contribution in [2.75, 3.05) is 33.1 Å². The highest BCUT2D eigenvalue weighted by Crippen LogP contribution is 2.27. The molecule has 0 fully saturated rings. The van der Waals surface area contributed by atoms with Crippen LogP contribution in [-0.2, 0) is 16.4 Å². The third-order valence-electron chi connectivity index (χ3n) is 3.62. The van der Waals surface area contributed by atoms with Crippen LogP contribution < -0.4 is 18.9 Å². The van der Waals surface area contributed by atoms with Gasteiger partial charge in [-0.3, -0.25) is 0 Å². The van der Waals surface area contributed by atoms with Crippen molar-refractivity contribution in [3.8, 4) is 17.2 Å². The van der Waals surface area contributed by atoms with Gasteiger partial charge in [-0.25, -0.2) is 17.5 Å². The van der Waals surface area contributed by atoms with E-state index in [1.54, 1.807) is 20.3 Å². The number of nitrogens with one attached hydrogen (secondary N) is 1. The van der Waals surface area contributed by atoms with Gasteiger partial charge in [-0.1, -0.05) is 6.07 Å². The predicted molar refractivity (Wildman–Crippen MR) is 96.9 cm³/mol. The van der Waals surface area contributed by atoms with Crippen molar-refractivity contribution in [3.63, 3.8) is 0 Å². The number of halogens is 1. The van der Waals surface area contributed by atoms with Gasteiger partial charge in [0, 0.05) is 6.54 Å². The van der Waals surface area contributed by atoms with Gasteiger partial charge < -0.3 is 14.2 Å². The van der Waals surface area contributed by atoms with Crippen LogP contribution in [0.3, 0.4) is 0 Å². The van der Waals surface area contributed by atoms with Crippen LogP contribution in [0.2, 0.25) is 0 Å². The first kappa shape index (κ1) is 20.0. The average Bonchev–Trinajstić information content (AvgIpc) is 2.63. The Hall–Kier alpha value is -2.32. The Balaban J connectivity index is 1.78. The molecule has 2 rings (SSSR count). The number of hydrogen-bond acceptors (Lipinski definition) is 5. The monoisotopic (exact) mass is 383 g/mol. The van der Waals surface area contributed by atoms with E-state index in [9.17, 15) is 12.8 Å². The van der Waals surface area contributed by atoms with Gasteiger partial charge in [0.25, 0.3) is 0 Å². The van der Waals surface area contributed by atoms with E-state index in [2.05, 4.69) is 4.72 Å². The summed E-state index contributed by atoms with van der Waals surface area (Å²) in [5, 5.41) is 0. The van der Waals surface area contributed by atoms with Crippen LogP contribution in [0.4, 0.5) is 4.39 Å². The lowest BCUT2D eigenvalue weighted by Gasteiger charge is -2.11. The number of benzene rings is 2. The van der Waals surface area contributed by atoms with Gasteiger partial charge in [-0.15, -0.1) is 0 Å². The maximum Gasteiger partial charge on any atom is 0.214 e. The fourth-order valence-corrected chi connectivity index (χ4v) is 3.12. The van der Waals surface area contributed by atoms with Gasteiger partial charge in [-0.05, 0) is 48.4 Å². The van der Waals surface area contributed by atoms with E-state index < -0.39 is 10.0 Å². The van der Waals surface area contributed by atoms with Crippen LogP contribution in [0, 0.1) is 5.82 Å². The lowest BCUT2D eigenvalue weighted by atomic mass is 10.1. The van der Waals surface area contributed by atoms with Crippen molar-refractivity contribution < 1.29 is 27.0 Å². The molecule has 0 bridgehead atoms. The van der Waals surface area contributed by atoms with Gasteiger partial charge in [-0.2, -0.15) is 0 Å². The van der Waals surface area contributed by atoms with Crippen molar-refractivity contribution in [1.82, 2.24) is 4.72 Å². The van der Waals surface area contributed by atoms with E-state index in [4.69, 9.17) is 14.2 Å². The first-order valence-corrected chi connectivity index (χ1v) is 9.65. The summed E-state index contributed by atoms with van der Waals surface area (Å²) in [6.07, 6.45) is 0.512. The first-order chi connectivity index (χ1) is 12.4. The van der Waals surface area contributed by atoms with E-state index in [1.165, 1.54) is 24.3 Å². The maximum atomic E-state index is 12.8. The number of hydrogen-bond donors (Lipinski definition) is 1. The second-order valence-electron chi connectivity index (χ2n) is 5.45. The van der Waals surface area contributed by atoms with Crippen molar-refractivity contribution in [2.45, 2.75) is 6.42 Å². The highest BCUT2D eigenvalue weighted by atomic mass is 32.2. The molecule has 6 nitrogen and oxygen atoms in total. The molecule has 0 heterocycles. The lowest BCUT2D eigenvalue weighted by molar-refractivity contribution is 0.339. The molecule has 0 saturated carbocycles. The quantitative estimate of drug-likeness (QED) is 0.682. The first-order valence-electron chi connectivity index (χ1n) is 8.00. The molecule has 2 aromatic carbocycles. The Kier molecular flexibility index (Phi) is 7.23. The third-order valence-corrected chi connectivity index (χ3v) is 4.97. The minimum Gasteiger partial charge on any atom is -0.493 e. The Bertz CT molecular complexity index is 809. The van der Waals surface area contributed by atoms with E-state index in [0.717, 1.165) is 5.56 Å². The van der Waals surface area contributed by atoms with Crippen molar-refractivity contribution in [2.24, 2.45) is 0 Å². The Labute approximate surface area is 152 Å². The highest BCUT2D eigenvalue weighted by molar-refractivity contribution is 7.89. The molecule has 2 aromatic rings. The minimum absolute atomic E-state index is 0.0165. The highest BCUT2D eigenvalue weighted by Gasteiger charge is 2.11. The molecule has 142 valence electrons. The van der Waals surface area contributed by atoms with Gasteiger partial charge in [0.1, 0.15) is 18.2 Å². The zero-order valence-corrected chi connectivity index (χ0v) is 15.5. The van der Waals surface area contributed by atoms with E-state index in [1.807, 2.05) is 12.1 Å². The molecular formula is C18H22FNO5S. The molecular weight excluding hydrogens is 361 g/mol. The molecule has 26 heavy (non-hydrogen) atoms. The van der Waals surface area contributed by atoms with Crippen molar-refractivity contribution in [1.29, 1.82) is 0 Å². The second-order valence-corrected chi connectivity index (χ2v) is 7.38. The molecule has 0 spiro atoms. The van der Waals surface area contributed by atoms with E-state index in [0.29, 0.717) is 23.7 Å². The number of rotatable bonds is 10. The summed E-state index contributed by atoms with van der Waals surface area (Å²) < 4.78 is 55.0. The Morgan fingerprint density at radius 2 is 1.69 bits per heavy atom. The number of methoxy groups -OCH3 is 2. The van der Waals surface area contributed by atoms with Gasteiger partial charge >= 0.3 is 0 Å². The molecule has 0 atom stereocenters. The molecule has 0 unspecified atom stereocenters. The normalized spacial score (nSPS) is 11.2. The standard InChI is InChI=1S/C18H22FNO5S/c1-23-17-8-3-14(13-18(17)24-2)9-10-20-26(21,22)12-11-25-16-6-4-15(19)5-7-16/h3-8,13,20H,9-12H2,1-2H3. The molecule has 0 aliphatic carbocycles. The summed E-state index contributed by atoms with van der Waals surface area (Å²) in [6.45, 7) is 0.242. The molecule has 1 N–H and O–H groups in total. The van der Waals surface area contributed by atoms with Crippen LogP contribution >= 0.6 is 0 Å². The van der Waals surface area contributed by atoms with Crippen molar-refractivity contribution >= 4 is 10.0 Å². The van der Waals surface area contributed by atoms with Crippen molar-refractivity contribution in [3.05, 3.63) is 53.8 Å². The molecule has 8 heteroatoms. The SMILES string of the molecule is COc1ccc(CCNS(=O)(=O)CCOc2ccc(F)cc2)cc1OC. The fourth-order valence-electron chi connectivity index (χ4n) is 2.26. The maximum absolute atomic E-state index is 12.8. The molecule has 0 aromatic heterocycles. The Morgan fingerprint density at radius 1 is 1.00 bits per heavy atom. The third kappa shape index (κ3) is 6.20. The number of sulfonamides is 1. The van der Waals surface area contributed by atoms with Gasteiger partial charge in [0.2, 0.25) is 10.0 Å². The smallest absolute Gasteiger partial charge is 0.214 e. The Morgan fingerprint density at radius 3 is 2.35 bits per heavy atom. The molecule has 0 saturated heterocycles. The summed E-state index contributed by atoms with van der Waals surface area (Å²) in [7, 11) is -0.361. The van der Waals surface area contributed by atoms with Crippen LogP contribution in [0.25, 0.3) is 0 Å². The number of ether oxygens (including phenoxy) is 3. The summed E-state index contributed by atoms with van der Waals surface area (Å²) in [5.74, 6) is 1.08. The molecule has 0 amide bonds. The largest absolute Gasteiger partial charge is 0.493 e. The predicted octanol–water partition coefficient (Wildman–Crippen LogP) is 2.38. The molecule has 0 aliphatic heterocycles. The minimum atomic E-state index is -3.46. The van der Waals surface area contributed by atoms with Crippen LogP contribution in [0.1, 0.15) is 5.56 Å².